The van der Waals surface area contributed by atoms with Crippen LogP contribution in [0.4, 0.5) is 0 Å². The van der Waals surface area contributed by atoms with Crippen molar-refractivity contribution in [3.05, 3.63) is 35.4 Å². The highest BCUT2D eigenvalue weighted by Gasteiger charge is 2.34. The second-order valence-electron chi connectivity index (χ2n) is 5.86. The Morgan fingerprint density at radius 1 is 1.05 bits per heavy atom. The van der Waals surface area contributed by atoms with Gasteiger partial charge >= 0.3 is 5.97 Å². The molecule has 1 saturated carbocycles. The van der Waals surface area contributed by atoms with Gasteiger partial charge in [-0.05, 0) is 30.4 Å². The molecule has 1 aliphatic carbocycles. The van der Waals surface area contributed by atoms with Crippen molar-refractivity contribution >= 4 is 11.9 Å². The molecule has 0 aromatic heterocycles. The number of fused-ring (bicyclic) bond motifs is 1. The van der Waals surface area contributed by atoms with Gasteiger partial charge in [0.1, 0.15) is 0 Å². The number of amides is 1. The minimum atomic E-state index is -0.757. The van der Waals surface area contributed by atoms with Crippen molar-refractivity contribution in [1.82, 2.24) is 4.90 Å². The monoisotopic (exact) mass is 273 g/mol. The van der Waals surface area contributed by atoms with Crippen molar-refractivity contribution in [3.8, 4) is 0 Å². The van der Waals surface area contributed by atoms with E-state index in [4.69, 9.17) is 5.11 Å². The third-order valence-electron chi connectivity index (χ3n) is 4.53. The Hall–Kier alpha value is -1.84. The Morgan fingerprint density at radius 3 is 2.25 bits per heavy atom. The van der Waals surface area contributed by atoms with Gasteiger partial charge < -0.3 is 10.0 Å². The third-order valence-corrected chi connectivity index (χ3v) is 4.53. The molecule has 1 aromatic carbocycles. The predicted molar refractivity (Wildman–Crippen MR) is 73.8 cm³/mol. The zero-order valence-electron chi connectivity index (χ0n) is 11.4. The van der Waals surface area contributed by atoms with Crippen LogP contribution in [0.5, 0.6) is 0 Å². The Balaban J connectivity index is 1.67. The number of hydrogen-bond acceptors (Lipinski definition) is 2. The number of hydrogen-bond donors (Lipinski definition) is 1. The van der Waals surface area contributed by atoms with Gasteiger partial charge in [-0.15, -0.1) is 0 Å². The molecule has 3 rings (SSSR count). The van der Waals surface area contributed by atoms with E-state index in [0.29, 0.717) is 25.9 Å². The molecule has 0 unspecified atom stereocenters. The number of rotatable bonds is 2. The molecule has 1 fully saturated rings. The van der Waals surface area contributed by atoms with Crippen LogP contribution in [-0.2, 0) is 22.7 Å². The molecule has 1 heterocycles. The van der Waals surface area contributed by atoms with Gasteiger partial charge in [-0.25, -0.2) is 0 Å². The first-order valence-electron chi connectivity index (χ1n) is 7.23. The van der Waals surface area contributed by atoms with Crippen molar-refractivity contribution in [2.45, 2.75) is 38.8 Å². The molecule has 0 radical (unpaired) electrons. The van der Waals surface area contributed by atoms with Crippen molar-refractivity contribution in [2.24, 2.45) is 11.8 Å². The van der Waals surface area contributed by atoms with Gasteiger partial charge in [-0.1, -0.05) is 30.7 Å². The standard InChI is InChI=1S/C16H19NO3/c18-15(11-6-3-7-12(8-11)16(19)20)17-9-13-4-1-2-5-14(13)10-17/h1-2,4-5,11-12H,3,6-10H2,(H,19,20)/t11-,12-/m1/s1. The second kappa shape index (κ2) is 5.27. The zero-order chi connectivity index (χ0) is 14.1. The minimum Gasteiger partial charge on any atom is -0.481 e. The van der Waals surface area contributed by atoms with E-state index in [1.807, 2.05) is 17.0 Å². The molecule has 20 heavy (non-hydrogen) atoms. The summed E-state index contributed by atoms with van der Waals surface area (Å²) >= 11 is 0. The highest BCUT2D eigenvalue weighted by Crippen LogP contribution is 2.33. The molecule has 0 bridgehead atoms. The predicted octanol–water partition coefficient (Wildman–Crippen LogP) is 2.42. The van der Waals surface area contributed by atoms with E-state index in [0.717, 1.165) is 12.8 Å². The van der Waals surface area contributed by atoms with Gasteiger partial charge in [-0.2, -0.15) is 0 Å². The van der Waals surface area contributed by atoms with Crippen LogP contribution in [0.2, 0.25) is 0 Å². The fourth-order valence-corrected chi connectivity index (χ4v) is 3.39. The Morgan fingerprint density at radius 2 is 1.65 bits per heavy atom. The first-order chi connectivity index (χ1) is 9.65. The molecule has 1 aliphatic heterocycles. The molecule has 2 atom stereocenters. The fourth-order valence-electron chi connectivity index (χ4n) is 3.39. The number of aliphatic carboxylic acids is 1. The molecular weight excluding hydrogens is 254 g/mol. The van der Waals surface area contributed by atoms with Gasteiger partial charge in [-0.3, -0.25) is 9.59 Å². The van der Waals surface area contributed by atoms with Crippen molar-refractivity contribution < 1.29 is 14.7 Å². The number of benzene rings is 1. The number of carboxylic acids is 1. The van der Waals surface area contributed by atoms with E-state index in [1.54, 1.807) is 0 Å². The molecule has 1 aromatic rings. The number of carboxylic acid groups (broad SMARTS) is 1. The van der Waals surface area contributed by atoms with Crippen LogP contribution in [0.15, 0.2) is 24.3 Å². The Labute approximate surface area is 118 Å². The number of nitrogens with zero attached hydrogens (tertiary/aromatic N) is 1. The summed E-state index contributed by atoms with van der Waals surface area (Å²) in [7, 11) is 0. The molecule has 4 heteroatoms. The Kier molecular flexibility index (Phi) is 3.47. The van der Waals surface area contributed by atoms with Crippen molar-refractivity contribution in [3.63, 3.8) is 0 Å². The van der Waals surface area contributed by atoms with Crippen LogP contribution in [0.25, 0.3) is 0 Å². The molecule has 0 saturated heterocycles. The Bertz CT molecular complexity index is 515. The highest BCUT2D eigenvalue weighted by molar-refractivity contribution is 5.81. The summed E-state index contributed by atoms with van der Waals surface area (Å²) in [6, 6.07) is 8.11. The molecule has 0 spiro atoms. The molecule has 4 nitrogen and oxygen atoms in total. The summed E-state index contributed by atoms with van der Waals surface area (Å²) in [5.41, 5.74) is 2.43. The van der Waals surface area contributed by atoms with Crippen LogP contribution in [-0.4, -0.2) is 21.9 Å². The van der Waals surface area contributed by atoms with Crippen LogP contribution >= 0.6 is 0 Å². The van der Waals surface area contributed by atoms with Gasteiger partial charge in [0, 0.05) is 19.0 Å². The van der Waals surface area contributed by atoms with Gasteiger partial charge in [0.25, 0.3) is 0 Å². The first-order valence-corrected chi connectivity index (χ1v) is 7.23. The van der Waals surface area contributed by atoms with E-state index in [1.165, 1.54) is 11.1 Å². The third kappa shape index (κ3) is 2.42. The summed E-state index contributed by atoms with van der Waals surface area (Å²) < 4.78 is 0. The first kappa shape index (κ1) is 13.2. The average Bonchev–Trinajstić information content (AvgIpc) is 2.90. The maximum Gasteiger partial charge on any atom is 0.306 e. The maximum absolute atomic E-state index is 12.6. The van der Waals surface area contributed by atoms with Crippen LogP contribution in [0.1, 0.15) is 36.8 Å². The second-order valence-corrected chi connectivity index (χ2v) is 5.86. The normalized spacial score (nSPS) is 25.3. The smallest absolute Gasteiger partial charge is 0.306 e. The van der Waals surface area contributed by atoms with E-state index in [9.17, 15) is 9.59 Å². The summed E-state index contributed by atoms with van der Waals surface area (Å²) in [4.78, 5) is 25.5. The molecular formula is C16H19NO3. The SMILES string of the molecule is O=C(O)[C@@H]1CCC[C@@H](C(=O)N2Cc3ccccc3C2)C1. The quantitative estimate of drug-likeness (QED) is 0.900. The van der Waals surface area contributed by atoms with Gasteiger partial charge in [0.2, 0.25) is 5.91 Å². The highest BCUT2D eigenvalue weighted by atomic mass is 16.4. The lowest BCUT2D eigenvalue weighted by Crippen LogP contribution is -2.36. The average molecular weight is 273 g/mol. The number of carbonyl (C=O) groups excluding carboxylic acids is 1. The molecule has 1 amide bonds. The van der Waals surface area contributed by atoms with Crippen molar-refractivity contribution in [2.75, 3.05) is 0 Å². The van der Waals surface area contributed by atoms with E-state index < -0.39 is 5.97 Å². The van der Waals surface area contributed by atoms with E-state index in [2.05, 4.69) is 12.1 Å². The molecule has 106 valence electrons. The van der Waals surface area contributed by atoms with Gasteiger partial charge in [0.15, 0.2) is 0 Å². The van der Waals surface area contributed by atoms with E-state index >= 15 is 0 Å². The topological polar surface area (TPSA) is 57.6 Å². The lowest BCUT2D eigenvalue weighted by atomic mass is 9.81. The zero-order valence-corrected chi connectivity index (χ0v) is 11.4. The van der Waals surface area contributed by atoms with Crippen LogP contribution in [0, 0.1) is 11.8 Å². The maximum atomic E-state index is 12.6. The summed E-state index contributed by atoms with van der Waals surface area (Å²) in [5.74, 6) is -1.08. The van der Waals surface area contributed by atoms with Crippen LogP contribution < -0.4 is 0 Å². The summed E-state index contributed by atoms with van der Waals surface area (Å²) in [6.45, 7) is 1.34. The lowest BCUT2D eigenvalue weighted by molar-refractivity contribution is -0.145. The van der Waals surface area contributed by atoms with Crippen LogP contribution in [0.3, 0.4) is 0 Å². The summed E-state index contributed by atoms with van der Waals surface area (Å²) in [6.07, 6.45) is 2.88. The largest absolute Gasteiger partial charge is 0.481 e. The minimum absolute atomic E-state index is 0.112. The van der Waals surface area contributed by atoms with E-state index in [-0.39, 0.29) is 17.7 Å². The molecule has 1 N–H and O–H groups in total. The lowest BCUT2D eigenvalue weighted by Gasteiger charge is -2.29. The van der Waals surface area contributed by atoms with Gasteiger partial charge in [0.05, 0.1) is 5.92 Å². The number of carbonyl (C=O) groups is 2. The van der Waals surface area contributed by atoms with Crippen molar-refractivity contribution in [1.29, 1.82) is 0 Å². The molecule has 2 aliphatic rings. The fraction of sp³-hybridized carbons (Fsp3) is 0.500. The summed E-state index contributed by atoms with van der Waals surface area (Å²) in [5, 5.41) is 9.12.